The minimum atomic E-state index is -0.218. The van der Waals surface area contributed by atoms with Gasteiger partial charge in [-0.25, -0.2) is 4.98 Å². The van der Waals surface area contributed by atoms with Crippen LogP contribution in [0.15, 0.2) is 66.6 Å². The van der Waals surface area contributed by atoms with Crippen LogP contribution in [-0.4, -0.2) is 17.4 Å². The topological polar surface area (TPSA) is 51.2 Å². The van der Waals surface area contributed by atoms with Gasteiger partial charge in [-0.1, -0.05) is 41.9 Å². The van der Waals surface area contributed by atoms with Gasteiger partial charge in [-0.05, 0) is 29.8 Å². The summed E-state index contributed by atoms with van der Waals surface area (Å²) in [6.45, 7) is 4.39. The van der Waals surface area contributed by atoms with E-state index in [4.69, 9.17) is 16.3 Å². The number of carbonyl (C=O) groups is 1. The SMILES string of the molecule is C=CCNC(=O)c1csc(-c2ccccc2OCc2cccc(Cl)c2)n1. The Morgan fingerprint density at radius 2 is 2.12 bits per heavy atom. The van der Waals surface area contributed by atoms with Gasteiger partial charge in [0.15, 0.2) is 0 Å². The van der Waals surface area contributed by atoms with Gasteiger partial charge in [0, 0.05) is 16.9 Å². The first-order valence-corrected chi connectivity index (χ1v) is 9.24. The van der Waals surface area contributed by atoms with E-state index >= 15 is 0 Å². The molecule has 0 radical (unpaired) electrons. The summed E-state index contributed by atoms with van der Waals surface area (Å²) in [5.74, 6) is 0.490. The number of carbonyl (C=O) groups excluding carboxylic acids is 1. The minimum Gasteiger partial charge on any atom is -0.488 e. The van der Waals surface area contributed by atoms with Gasteiger partial charge in [-0.3, -0.25) is 4.79 Å². The Hall–Kier alpha value is -2.63. The second-order valence-corrected chi connectivity index (χ2v) is 6.75. The highest BCUT2D eigenvalue weighted by atomic mass is 35.5. The van der Waals surface area contributed by atoms with Crippen molar-refractivity contribution in [3.05, 3.63) is 82.8 Å². The van der Waals surface area contributed by atoms with Crippen molar-refractivity contribution < 1.29 is 9.53 Å². The lowest BCUT2D eigenvalue weighted by Crippen LogP contribution is -2.23. The fraction of sp³-hybridized carbons (Fsp3) is 0.100. The number of nitrogens with one attached hydrogen (secondary N) is 1. The molecule has 1 aromatic heterocycles. The summed E-state index contributed by atoms with van der Waals surface area (Å²) in [6.07, 6.45) is 1.63. The number of benzene rings is 2. The zero-order valence-electron chi connectivity index (χ0n) is 13.9. The number of aromatic nitrogens is 1. The number of ether oxygens (including phenoxy) is 1. The molecule has 1 amide bonds. The van der Waals surface area contributed by atoms with Crippen LogP contribution in [0.3, 0.4) is 0 Å². The Kier molecular flexibility index (Phi) is 6.04. The number of rotatable bonds is 7. The summed E-state index contributed by atoms with van der Waals surface area (Å²) in [4.78, 5) is 16.5. The smallest absolute Gasteiger partial charge is 0.271 e. The highest BCUT2D eigenvalue weighted by molar-refractivity contribution is 7.13. The second-order valence-electron chi connectivity index (χ2n) is 5.45. The predicted octanol–water partition coefficient (Wildman–Crippen LogP) is 4.96. The van der Waals surface area contributed by atoms with Crippen molar-refractivity contribution in [2.75, 3.05) is 6.54 Å². The van der Waals surface area contributed by atoms with E-state index in [1.54, 1.807) is 11.5 Å². The van der Waals surface area contributed by atoms with Crippen LogP contribution >= 0.6 is 22.9 Å². The zero-order valence-corrected chi connectivity index (χ0v) is 15.5. The molecule has 0 spiro atoms. The monoisotopic (exact) mass is 384 g/mol. The number of thiazole rings is 1. The molecule has 0 saturated heterocycles. The molecule has 0 aliphatic carbocycles. The summed E-state index contributed by atoms with van der Waals surface area (Å²) in [5.41, 5.74) is 2.22. The predicted molar refractivity (Wildman–Crippen MR) is 106 cm³/mol. The van der Waals surface area contributed by atoms with Gasteiger partial charge in [0.1, 0.15) is 23.1 Å². The number of hydrogen-bond acceptors (Lipinski definition) is 4. The Bertz CT molecular complexity index is 923. The fourth-order valence-corrected chi connectivity index (χ4v) is 3.36. The summed E-state index contributed by atoms with van der Waals surface area (Å²) < 4.78 is 5.96. The number of hydrogen-bond donors (Lipinski definition) is 1. The lowest BCUT2D eigenvalue weighted by molar-refractivity contribution is 0.0954. The third kappa shape index (κ3) is 4.50. The van der Waals surface area contributed by atoms with Crippen molar-refractivity contribution in [3.63, 3.8) is 0 Å². The molecule has 1 N–H and O–H groups in total. The van der Waals surface area contributed by atoms with Crippen LogP contribution in [0.2, 0.25) is 5.02 Å². The van der Waals surface area contributed by atoms with Crippen molar-refractivity contribution in [2.24, 2.45) is 0 Å². The van der Waals surface area contributed by atoms with Gasteiger partial charge >= 0.3 is 0 Å². The van der Waals surface area contributed by atoms with Crippen LogP contribution < -0.4 is 10.1 Å². The lowest BCUT2D eigenvalue weighted by Gasteiger charge is -2.10. The van der Waals surface area contributed by atoms with Crippen molar-refractivity contribution in [3.8, 4) is 16.3 Å². The first kappa shape index (κ1) is 18.2. The highest BCUT2D eigenvalue weighted by Gasteiger charge is 2.14. The Morgan fingerprint density at radius 1 is 1.27 bits per heavy atom. The maximum Gasteiger partial charge on any atom is 0.271 e. The molecule has 0 bridgehead atoms. The van der Waals surface area contributed by atoms with Gasteiger partial charge in [0.05, 0.1) is 5.56 Å². The largest absolute Gasteiger partial charge is 0.488 e. The standard InChI is InChI=1S/C20H17ClN2O2S/c1-2-10-22-19(24)17-13-26-20(23-17)16-8-3-4-9-18(16)25-12-14-6-5-7-15(21)11-14/h2-9,11,13H,1,10,12H2,(H,22,24). The molecule has 132 valence electrons. The molecule has 0 aliphatic rings. The molecular formula is C20H17ClN2O2S. The average Bonchev–Trinajstić information content (AvgIpc) is 3.15. The van der Waals surface area contributed by atoms with Crippen molar-refractivity contribution in [1.29, 1.82) is 0 Å². The molecule has 0 fully saturated rings. The molecule has 26 heavy (non-hydrogen) atoms. The van der Waals surface area contributed by atoms with E-state index in [0.29, 0.717) is 29.6 Å². The molecule has 0 aliphatic heterocycles. The molecular weight excluding hydrogens is 368 g/mol. The van der Waals surface area contributed by atoms with E-state index in [-0.39, 0.29) is 5.91 Å². The van der Waals surface area contributed by atoms with Crippen LogP contribution in [-0.2, 0) is 6.61 Å². The summed E-state index contributed by atoms with van der Waals surface area (Å²) >= 11 is 7.42. The number of para-hydroxylation sites is 1. The second kappa shape index (κ2) is 8.65. The molecule has 2 aromatic carbocycles. The summed E-state index contributed by atoms with van der Waals surface area (Å²) in [7, 11) is 0. The molecule has 6 heteroatoms. The van der Waals surface area contributed by atoms with E-state index in [1.807, 2.05) is 48.5 Å². The van der Waals surface area contributed by atoms with E-state index < -0.39 is 0 Å². The lowest BCUT2D eigenvalue weighted by atomic mass is 10.2. The first-order chi connectivity index (χ1) is 12.7. The van der Waals surface area contributed by atoms with Gasteiger partial charge in [0.25, 0.3) is 5.91 Å². The third-order valence-corrected chi connectivity index (χ3v) is 4.66. The number of halogens is 1. The van der Waals surface area contributed by atoms with Crippen LogP contribution in [0.4, 0.5) is 0 Å². The summed E-state index contributed by atoms with van der Waals surface area (Å²) in [5, 5.41) is 5.87. The molecule has 0 atom stereocenters. The Balaban J connectivity index is 1.78. The molecule has 1 heterocycles. The van der Waals surface area contributed by atoms with Crippen molar-refractivity contribution in [1.82, 2.24) is 10.3 Å². The number of amides is 1. The molecule has 3 aromatic rings. The van der Waals surface area contributed by atoms with Crippen molar-refractivity contribution >= 4 is 28.8 Å². The van der Waals surface area contributed by atoms with Gasteiger partial charge in [-0.15, -0.1) is 17.9 Å². The van der Waals surface area contributed by atoms with Crippen LogP contribution in [0, 0.1) is 0 Å². The van der Waals surface area contributed by atoms with Gasteiger partial charge in [-0.2, -0.15) is 0 Å². The van der Waals surface area contributed by atoms with E-state index in [0.717, 1.165) is 16.1 Å². The van der Waals surface area contributed by atoms with E-state index in [2.05, 4.69) is 16.9 Å². The minimum absolute atomic E-state index is 0.218. The maximum atomic E-state index is 12.0. The van der Waals surface area contributed by atoms with Crippen LogP contribution in [0.1, 0.15) is 16.1 Å². The molecule has 0 saturated carbocycles. The summed E-state index contributed by atoms with van der Waals surface area (Å²) in [6, 6.07) is 15.2. The zero-order chi connectivity index (χ0) is 18.4. The number of nitrogens with zero attached hydrogens (tertiary/aromatic N) is 1. The van der Waals surface area contributed by atoms with Gasteiger partial charge in [0.2, 0.25) is 0 Å². The van der Waals surface area contributed by atoms with Crippen LogP contribution in [0.25, 0.3) is 10.6 Å². The Labute approximate surface area is 161 Å². The Morgan fingerprint density at radius 3 is 2.92 bits per heavy atom. The van der Waals surface area contributed by atoms with Crippen molar-refractivity contribution in [2.45, 2.75) is 6.61 Å². The quantitative estimate of drug-likeness (QED) is 0.586. The average molecular weight is 385 g/mol. The fourth-order valence-electron chi connectivity index (χ4n) is 2.31. The van der Waals surface area contributed by atoms with Crippen LogP contribution in [0.5, 0.6) is 5.75 Å². The normalized spacial score (nSPS) is 10.3. The van der Waals surface area contributed by atoms with E-state index in [1.165, 1.54) is 11.3 Å². The highest BCUT2D eigenvalue weighted by Crippen LogP contribution is 2.32. The van der Waals surface area contributed by atoms with E-state index in [9.17, 15) is 4.79 Å². The molecule has 3 rings (SSSR count). The molecule has 0 unspecified atom stereocenters. The van der Waals surface area contributed by atoms with Gasteiger partial charge < -0.3 is 10.1 Å². The maximum absolute atomic E-state index is 12.0. The third-order valence-electron chi connectivity index (χ3n) is 3.54. The first-order valence-electron chi connectivity index (χ1n) is 7.98. The molecule has 4 nitrogen and oxygen atoms in total.